The van der Waals surface area contributed by atoms with Crippen molar-refractivity contribution in [1.29, 1.82) is 0 Å². The molecule has 0 aliphatic heterocycles. The van der Waals surface area contributed by atoms with Gasteiger partial charge < -0.3 is 4.90 Å². The summed E-state index contributed by atoms with van der Waals surface area (Å²) >= 11 is 0. The molecule has 0 aromatic heterocycles. The van der Waals surface area contributed by atoms with Crippen molar-refractivity contribution in [2.75, 3.05) is 20.6 Å². The van der Waals surface area contributed by atoms with Crippen LogP contribution in [-0.4, -0.2) is 25.5 Å². The number of hydrogen-bond donors (Lipinski definition) is 0. The molecule has 0 fully saturated rings. The zero-order chi connectivity index (χ0) is 11.7. The molecular weight excluding hydrogens is 182 g/mol. The Labute approximate surface area is 95.1 Å². The molecule has 0 spiro atoms. The molecule has 86 valence electrons. The molecule has 0 aliphatic carbocycles. The summed E-state index contributed by atoms with van der Waals surface area (Å²) in [6.45, 7) is 7.74. The quantitative estimate of drug-likeness (QED) is 0.729. The molecule has 1 unspecified atom stereocenters. The van der Waals surface area contributed by atoms with Crippen molar-refractivity contribution in [2.45, 2.75) is 33.1 Å². The molecule has 0 saturated carbocycles. The maximum Gasteiger partial charge on any atom is -0.00533 e. The minimum atomic E-state index is 0.709. The van der Waals surface area contributed by atoms with Gasteiger partial charge in [0.2, 0.25) is 0 Å². The predicted octanol–water partition coefficient (Wildman–Crippen LogP) is 3.77. The molecule has 0 N–H and O–H groups in total. The first-order valence-corrected chi connectivity index (χ1v) is 5.81. The van der Waals surface area contributed by atoms with Crippen molar-refractivity contribution in [1.82, 2.24) is 4.90 Å². The van der Waals surface area contributed by atoms with Crippen LogP contribution in [0, 0.1) is 0 Å². The summed E-state index contributed by atoms with van der Waals surface area (Å²) in [6.07, 6.45) is 1.23. The van der Waals surface area contributed by atoms with Crippen LogP contribution in [0.5, 0.6) is 0 Å². The van der Waals surface area contributed by atoms with E-state index in [1.54, 1.807) is 0 Å². The molecule has 1 heteroatoms. The first-order chi connectivity index (χ1) is 7.11. The fourth-order valence-electron chi connectivity index (χ4n) is 1.02. The van der Waals surface area contributed by atoms with Gasteiger partial charge in [-0.3, -0.25) is 0 Å². The average molecular weight is 207 g/mol. The second-order valence-corrected chi connectivity index (χ2v) is 4.12. The van der Waals surface area contributed by atoms with Gasteiger partial charge in [0, 0.05) is 0 Å². The highest BCUT2D eigenvalue weighted by molar-refractivity contribution is 5.18. The number of rotatable bonds is 3. The Morgan fingerprint density at radius 1 is 1.07 bits per heavy atom. The van der Waals surface area contributed by atoms with Crippen molar-refractivity contribution >= 4 is 0 Å². The largest absolute Gasteiger partial charge is 0.310 e. The summed E-state index contributed by atoms with van der Waals surface area (Å²) in [5.74, 6) is 0.709. The van der Waals surface area contributed by atoms with E-state index in [4.69, 9.17) is 0 Å². The van der Waals surface area contributed by atoms with Crippen molar-refractivity contribution in [3.05, 3.63) is 35.9 Å². The molecule has 15 heavy (non-hydrogen) atoms. The molecule has 0 bridgehead atoms. The highest BCUT2D eigenvalue weighted by atomic mass is 15.0. The Morgan fingerprint density at radius 3 is 1.87 bits per heavy atom. The number of benzene rings is 1. The third-order valence-corrected chi connectivity index (χ3v) is 2.61. The van der Waals surface area contributed by atoms with E-state index >= 15 is 0 Å². The second-order valence-electron chi connectivity index (χ2n) is 4.12. The molecule has 0 heterocycles. The van der Waals surface area contributed by atoms with Crippen molar-refractivity contribution < 1.29 is 0 Å². The molecule has 0 amide bonds. The van der Waals surface area contributed by atoms with E-state index in [-0.39, 0.29) is 0 Å². The minimum absolute atomic E-state index is 0.709. The Bertz CT molecular complexity index is 228. The summed E-state index contributed by atoms with van der Waals surface area (Å²) in [4.78, 5) is 2.12. The van der Waals surface area contributed by atoms with Gasteiger partial charge in [0.25, 0.3) is 0 Å². The van der Waals surface area contributed by atoms with Crippen LogP contribution in [0.25, 0.3) is 0 Å². The van der Waals surface area contributed by atoms with Crippen molar-refractivity contribution in [3.63, 3.8) is 0 Å². The Balaban J connectivity index is 0.000000336. The Hall–Kier alpha value is -0.820. The standard InChI is InChI=1S/C10H14.C4H11N/c1-3-9(2)10-7-5-4-6-8-10;1-4-5(2)3/h4-9H,3H2,1-2H3;4H2,1-3H3. The lowest BCUT2D eigenvalue weighted by Crippen LogP contribution is -2.08. The van der Waals surface area contributed by atoms with E-state index in [1.165, 1.54) is 12.0 Å². The van der Waals surface area contributed by atoms with E-state index in [0.29, 0.717) is 5.92 Å². The van der Waals surface area contributed by atoms with Crippen LogP contribution in [0.2, 0.25) is 0 Å². The lowest BCUT2D eigenvalue weighted by Gasteiger charge is -2.06. The van der Waals surface area contributed by atoms with Gasteiger partial charge in [-0.15, -0.1) is 0 Å². The predicted molar refractivity (Wildman–Crippen MR) is 69.4 cm³/mol. The third kappa shape index (κ3) is 7.15. The zero-order valence-electron chi connectivity index (χ0n) is 10.8. The fourth-order valence-corrected chi connectivity index (χ4v) is 1.02. The lowest BCUT2D eigenvalue weighted by molar-refractivity contribution is 0.434. The molecule has 1 rings (SSSR count). The van der Waals surface area contributed by atoms with Gasteiger partial charge in [0.15, 0.2) is 0 Å². The smallest absolute Gasteiger partial charge is 0.00533 e. The van der Waals surface area contributed by atoms with E-state index in [9.17, 15) is 0 Å². The first-order valence-electron chi connectivity index (χ1n) is 5.81. The topological polar surface area (TPSA) is 3.24 Å². The molecule has 1 nitrogen and oxygen atoms in total. The van der Waals surface area contributed by atoms with Crippen LogP contribution < -0.4 is 0 Å². The second kappa shape index (κ2) is 8.49. The van der Waals surface area contributed by atoms with E-state index < -0.39 is 0 Å². The molecule has 1 aromatic carbocycles. The summed E-state index contributed by atoms with van der Waals surface area (Å²) < 4.78 is 0. The van der Waals surface area contributed by atoms with Gasteiger partial charge in [-0.2, -0.15) is 0 Å². The summed E-state index contributed by atoms with van der Waals surface area (Å²) in [7, 11) is 4.11. The van der Waals surface area contributed by atoms with E-state index in [2.05, 4.69) is 70.1 Å². The molecular formula is C14H25N. The highest BCUT2D eigenvalue weighted by Crippen LogP contribution is 2.16. The lowest BCUT2D eigenvalue weighted by atomic mass is 9.99. The fraction of sp³-hybridized carbons (Fsp3) is 0.571. The molecule has 0 aliphatic rings. The van der Waals surface area contributed by atoms with Gasteiger partial charge >= 0.3 is 0 Å². The maximum absolute atomic E-state index is 2.26. The van der Waals surface area contributed by atoms with Crippen LogP contribution in [0.15, 0.2) is 30.3 Å². The molecule has 0 saturated heterocycles. The first kappa shape index (κ1) is 14.2. The van der Waals surface area contributed by atoms with Crippen LogP contribution in [0.3, 0.4) is 0 Å². The normalized spacial score (nSPS) is 11.9. The number of nitrogens with zero attached hydrogens (tertiary/aromatic N) is 1. The van der Waals surface area contributed by atoms with Crippen LogP contribution >= 0.6 is 0 Å². The van der Waals surface area contributed by atoms with Gasteiger partial charge in [-0.1, -0.05) is 51.1 Å². The zero-order valence-corrected chi connectivity index (χ0v) is 10.8. The van der Waals surface area contributed by atoms with Gasteiger partial charge in [-0.05, 0) is 38.5 Å². The summed E-state index contributed by atoms with van der Waals surface area (Å²) in [6, 6.07) is 10.6. The molecule has 1 atom stereocenters. The van der Waals surface area contributed by atoms with E-state index in [0.717, 1.165) is 6.54 Å². The highest BCUT2D eigenvalue weighted by Gasteiger charge is 1.98. The Kier molecular flexibility index (Phi) is 8.02. The Morgan fingerprint density at radius 2 is 1.53 bits per heavy atom. The van der Waals surface area contributed by atoms with Crippen LogP contribution in [0.4, 0.5) is 0 Å². The molecule has 0 radical (unpaired) electrons. The SMILES string of the molecule is CCC(C)c1ccccc1.CCN(C)C. The van der Waals surface area contributed by atoms with E-state index in [1.807, 2.05) is 0 Å². The number of hydrogen-bond acceptors (Lipinski definition) is 1. The maximum atomic E-state index is 2.26. The summed E-state index contributed by atoms with van der Waals surface area (Å²) in [5, 5.41) is 0. The van der Waals surface area contributed by atoms with Gasteiger partial charge in [0.1, 0.15) is 0 Å². The monoisotopic (exact) mass is 207 g/mol. The van der Waals surface area contributed by atoms with Gasteiger partial charge in [-0.25, -0.2) is 0 Å². The van der Waals surface area contributed by atoms with Crippen LogP contribution in [0.1, 0.15) is 38.7 Å². The average Bonchev–Trinajstić information content (AvgIpc) is 2.30. The van der Waals surface area contributed by atoms with Crippen molar-refractivity contribution in [3.8, 4) is 0 Å². The van der Waals surface area contributed by atoms with Crippen molar-refractivity contribution in [2.24, 2.45) is 0 Å². The summed E-state index contributed by atoms with van der Waals surface area (Å²) in [5.41, 5.74) is 1.45. The minimum Gasteiger partial charge on any atom is -0.310 e. The van der Waals surface area contributed by atoms with Gasteiger partial charge in [0.05, 0.1) is 0 Å². The third-order valence-electron chi connectivity index (χ3n) is 2.61. The van der Waals surface area contributed by atoms with Crippen LogP contribution in [-0.2, 0) is 0 Å². The molecule has 1 aromatic rings.